The van der Waals surface area contributed by atoms with E-state index in [4.69, 9.17) is 14.2 Å². The maximum Gasteiger partial charge on any atom is 0.513 e. The van der Waals surface area contributed by atoms with Crippen LogP contribution in [0.25, 0.3) is 0 Å². The molecule has 0 fully saturated rings. The van der Waals surface area contributed by atoms with Gasteiger partial charge in [-0.25, -0.2) is 9.59 Å². The summed E-state index contributed by atoms with van der Waals surface area (Å²) in [5, 5.41) is 0. The predicted molar refractivity (Wildman–Crippen MR) is 73.5 cm³/mol. The number of ether oxygens (including phenoxy) is 3. The van der Waals surface area contributed by atoms with Crippen molar-refractivity contribution in [2.45, 2.75) is 19.8 Å². The molecule has 0 saturated heterocycles. The number of hydrogen-bond acceptors (Lipinski definition) is 5. The molecule has 0 atom stereocenters. The summed E-state index contributed by atoms with van der Waals surface area (Å²) in [6, 6.07) is 7.13. The second kappa shape index (κ2) is 8.74. The second-order valence-corrected chi connectivity index (χ2v) is 4.10. The second-order valence-electron chi connectivity index (χ2n) is 4.10. The molecule has 0 unspecified atom stereocenters. The van der Waals surface area contributed by atoms with Crippen molar-refractivity contribution in [1.29, 1.82) is 0 Å². The number of aryl methyl sites for hydroxylation is 1. The highest BCUT2D eigenvalue weighted by atomic mass is 16.7. The lowest BCUT2D eigenvalue weighted by Crippen LogP contribution is -2.12. The number of esters is 1. The van der Waals surface area contributed by atoms with Crippen molar-refractivity contribution in [2.24, 2.45) is 0 Å². The van der Waals surface area contributed by atoms with Gasteiger partial charge >= 0.3 is 12.1 Å². The topological polar surface area (TPSA) is 61.8 Å². The van der Waals surface area contributed by atoms with Crippen molar-refractivity contribution >= 4 is 12.1 Å². The van der Waals surface area contributed by atoms with Gasteiger partial charge in [-0.05, 0) is 37.5 Å². The van der Waals surface area contributed by atoms with Crippen LogP contribution < -0.4 is 4.74 Å². The van der Waals surface area contributed by atoms with E-state index >= 15 is 0 Å². The van der Waals surface area contributed by atoms with Crippen LogP contribution in [0.3, 0.4) is 0 Å². The molecule has 0 aliphatic carbocycles. The highest BCUT2D eigenvalue weighted by molar-refractivity contribution is 5.81. The smallest absolute Gasteiger partial charge is 0.463 e. The third-order valence-electron chi connectivity index (χ3n) is 2.36. The number of benzene rings is 1. The van der Waals surface area contributed by atoms with Crippen LogP contribution in [0.1, 0.15) is 18.4 Å². The van der Waals surface area contributed by atoms with E-state index in [1.807, 2.05) is 13.0 Å². The highest BCUT2D eigenvalue weighted by Gasteiger charge is 2.05. The van der Waals surface area contributed by atoms with E-state index in [9.17, 15) is 9.59 Å². The van der Waals surface area contributed by atoms with E-state index in [1.54, 1.807) is 18.2 Å². The Morgan fingerprint density at radius 3 is 2.55 bits per heavy atom. The largest absolute Gasteiger partial charge is 0.513 e. The SMILES string of the molecule is C=CC(=O)OCCCCOC(=O)Oc1cccc(C)c1. The van der Waals surface area contributed by atoms with Gasteiger partial charge in [0.05, 0.1) is 13.2 Å². The lowest BCUT2D eigenvalue weighted by atomic mass is 10.2. The Bertz CT molecular complexity index is 467. The molecule has 0 saturated carbocycles. The number of unbranched alkanes of at least 4 members (excludes halogenated alkanes) is 1. The Labute approximate surface area is 118 Å². The van der Waals surface area contributed by atoms with Gasteiger partial charge in [0.15, 0.2) is 0 Å². The fraction of sp³-hybridized carbons (Fsp3) is 0.333. The summed E-state index contributed by atoms with van der Waals surface area (Å²) in [5.74, 6) is -0.000288. The fourth-order valence-electron chi connectivity index (χ4n) is 1.40. The molecule has 0 radical (unpaired) electrons. The minimum Gasteiger partial charge on any atom is -0.463 e. The first-order valence-electron chi connectivity index (χ1n) is 6.32. The molecule has 5 nitrogen and oxygen atoms in total. The Morgan fingerprint density at radius 1 is 1.20 bits per heavy atom. The standard InChI is InChI=1S/C15H18O5/c1-3-14(16)18-9-4-5-10-19-15(17)20-13-8-6-7-12(2)11-13/h3,6-8,11H,1,4-5,9-10H2,2H3. The minimum absolute atomic E-state index is 0.219. The fourth-order valence-corrected chi connectivity index (χ4v) is 1.40. The summed E-state index contributed by atoms with van der Waals surface area (Å²) in [4.78, 5) is 22.1. The van der Waals surface area contributed by atoms with Crippen molar-refractivity contribution in [3.63, 3.8) is 0 Å². The summed E-state index contributed by atoms with van der Waals surface area (Å²) < 4.78 is 14.7. The van der Waals surface area contributed by atoms with E-state index in [2.05, 4.69) is 6.58 Å². The molecule has 5 heteroatoms. The maximum absolute atomic E-state index is 11.4. The van der Waals surface area contributed by atoms with Gasteiger partial charge in [-0.2, -0.15) is 0 Å². The Hall–Kier alpha value is -2.30. The molecule has 0 spiro atoms. The first kappa shape index (κ1) is 15.8. The molecule has 1 rings (SSSR count). The molecule has 1 aromatic rings. The quantitative estimate of drug-likeness (QED) is 0.332. The minimum atomic E-state index is -0.737. The van der Waals surface area contributed by atoms with Crippen molar-refractivity contribution in [2.75, 3.05) is 13.2 Å². The third kappa shape index (κ3) is 6.58. The van der Waals surface area contributed by atoms with Gasteiger partial charge in [-0.15, -0.1) is 0 Å². The summed E-state index contributed by atoms with van der Waals surface area (Å²) >= 11 is 0. The summed E-state index contributed by atoms with van der Waals surface area (Å²) in [6.07, 6.45) is 1.57. The molecule has 108 valence electrons. The zero-order chi connectivity index (χ0) is 14.8. The van der Waals surface area contributed by atoms with Crippen LogP contribution in [0.5, 0.6) is 5.75 Å². The monoisotopic (exact) mass is 278 g/mol. The van der Waals surface area contributed by atoms with Crippen LogP contribution in [0.2, 0.25) is 0 Å². The average Bonchev–Trinajstić information content (AvgIpc) is 2.42. The average molecular weight is 278 g/mol. The normalized spacial score (nSPS) is 9.65. The predicted octanol–water partition coefficient (Wildman–Crippen LogP) is 3.02. The summed E-state index contributed by atoms with van der Waals surface area (Å²) in [5.41, 5.74) is 0.999. The van der Waals surface area contributed by atoms with Gasteiger partial charge in [0, 0.05) is 6.08 Å². The van der Waals surface area contributed by atoms with Crippen LogP contribution in [0.4, 0.5) is 4.79 Å². The van der Waals surface area contributed by atoms with Gasteiger partial charge in [0.1, 0.15) is 5.75 Å². The zero-order valence-electron chi connectivity index (χ0n) is 11.5. The van der Waals surface area contributed by atoms with Gasteiger partial charge in [-0.1, -0.05) is 18.7 Å². The van der Waals surface area contributed by atoms with E-state index in [-0.39, 0.29) is 13.2 Å². The first-order chi connectivity index (χ1) is 9.61. The molecule has 1 aromatic carbocycles. The number of carbonyl (C=O) groups is 2. The van der Waals surface area contributed by atoms with Crippen molar-refractivity contribution in [1.82, 2.24) is 0 Å². The molecule has 20 heavy (non-hydrogen) atoms. The first-order valence-corrected chi connectivity index (χ1v) is 6.32. The molecule has 0 heterocycles. The summed E-state index contributed by atoms with van der Waals surface area (Å²) in [7, 11) is 0. The van der Waals surface area contributed by atoms with Crippen LogP contribution >= 0.6 is 0 Å². The van der Waals surface area contributed by atoms with Gasteiger partial charge in [0.2, 0.25) is 0 Å². The molecular formula is C15H18O5. The molecule has 0 aromatic heterocycles. The van der Waals surface area contributed by atoms with Crippen LogP contribution in [-0.4, -0.2) is 25.3 Å². The molecule has 0 N–H and O–H groups in total. The van der Waals surface area contributed by atoms with Crippen molar-refractivity contribution in [3.05, 3.63) is 42.5 Å². The summed E-state index contributed by atoms with van der Waals surface area (Å²) in [6.45, 7) is 5.69. The Balaban J connectivity index is 2.11. The van der Waals surface area contributed by atoms with Gasteiger partial charge < -0.3 is 14.2 Å². The van der Waals surface area contributed by atoms with Crippen LogP contribution in [0, 0.1) is 6.92 Å². The molecule has 0 bridgehead atoms. The molecular weight excluding hydrogens is 260 g/mol. The maximum atomic E-state index is 11.4. The zero-order valence-corrected chi connectivity index (χ0v) is 11.5. The van der Waals surface area contributed by atoms with Gasteiger partial charge in [-0.3, -0.25) is 0 Å². The van der Waals surface area contributed by atoms with E-state index < -0.39 is 12.1 Å². The Kier molecular flexibility index (Phi) is 6.89. The number of hydrogen-bond donors (Lipinski definition) is 0. The van der Waals surface area contributed by atoms with Crippen LogP contribution in [-0.2, 0) is 14.3 Å². The third-order valence-corrected chi connectivity index (χ3v) is 2.36. The van der Waals surface area contributed by atoms with Gasteiger partial charge in [0.25, 0.3) is 0 Å². The lowest BCUT2D eigenvalue weighted by molar-refractivity contribution is -0.137. The molecule has 0 aliphatic heterocycles. The van der Waals surface area contributed by atoms with E-state index in [1.165, 1.54) is 0 Å². The van der Waals surface area contributed by atoms with Crippen molar-refractivity contribution in [3.8, 4) is 5.75 Å². The molecule has 0 amide bonds. The van der Waals surface area contributed by atoms with Crippen LogP contribution in [0.15, 0.2) is 36.9 Å². The molecule has 0 aliphatic rings. The Morgan fingerprint density at radius 2 is 1.90 bits per heavy atom. The highest BCUT2D eigenvalue weighted by Crippen LogP contribution is 2.13. The van der Waals surface area contributed by atoms with E-state index in [0.717, 1.165) is 11.6 Å². The number of carbonyl (C=O) groups excluding carboxylic acids is 2. The van der Waals surface area contributed by atoms with E-state index in [0.29, 0.717) is 18.6 Å². The lowest BCUT2D eigenvalue weighted by Gasteiger charge is -2.06. The van der Waals surface area contributed by atoms with Crippen molar-refractivity contribution < 1.29 is 23.8 Å². The number of rotatable bonds is 7.